The van der Waals surface area contributed by atoms with E-state index in [2.05, 4.69) is 5.32 Å². The van der Waals surface area contributed by atoms with Gasteiger partial charge in [-0.3, -0.25) is 4.79 Å². The third kappa shape index (κ3) is 3.83. The molecule has 1 aromatic carbocycles. The van der Waals surface area contributed by atoms with E-state index in [9.17, 15) is 32.7 Å². The zero-order valence-electron chi connectivity index (χ0n) is 16.1. The van der Waals surface area contributed by atoms with E-state index in [0.29, 0.717) is 24.1 Å². The molecule has 1 aliphatic carbocycles. The Morgan fingerprint density at radius 1 is 1.34 bits per heavy atom. The second-order valence-electron chi connectivity index (χ2n) is 8.12. The number of hydrogen-bond donors (Lipinski definition) is 2. The summed E-state index contributed by atoms with van der Waals surface area (Å²) >= 11 is 0. The lowest BCUT2D eigenvalue weighted by Crippen LogP contribution is -2.55. The predicted molar refractivity (Wildman–Crippen MR) is 97.1 cm³/mol. The van der Waals surface area contributed by atoms with Crippen molar-refractivity contribution in [1.29, 1.82) is 5.26 Å². The van der Waals surface area contributed by atoms with Crippen LogP contribution in [0.2, 0.25) is 0 Å². The maximum absolute atomic E-state index is 13.7. The van der Waals surface area contributed by atoms with Crippen LogP contribution in [0.15, 0.2) is 29.5 Å². The van der Waals surface area contributed by atoms with Gasteiger partial charge in [0, 0.05) is 17.7 Å². The van der Waals surface area contributed by atoms with Gasteiger partial charge in [0.1, 0.15) is 5.82 Å². The first-order valence-corrected chi connectivity index (χ1v) is 9.47. The molecular formula is C21H22F4N2O2. The SMILES string of the molecule is CC1=C(C#N)C(c2ccc(F)cc2C(F)(F)F)C(C)(C(=O)O)C(CCC2CC2)N1. The average Bonchev–Trinajstić information content (AvgIpc) is 3.45. The summed E-state index contributed by atoms with van der Waals surface area (Å²) in [6.45, 7) is 2.94. The van der Waals surface area contributed by atoms with Gasteiger partial charge >= 0.3 is 12.1 Å². The first-order valence-electron chi connectivity index (χ1n) is 9.47. The molecule has 1 fully saturated rings. The molecule has 1 saturated carbocycles. The summed E-state index contributed by atoms with van der Waals surface area (Å²) in [4.78, 5) is 12.4. The lowest BCUT2D eigenvalue weighted by Gasteiger charge is -2.46. The van der Waals surface area contributed by atoms with Crippen LogP contribution in [0.3, 0.4) is 0 Å². The number of carboxylic acids is 1. The molecule has 8 heteroatoms. The third-order valence-corrected chi connectivity index (χ3v) is 6.18. The van der Waals surface area contributed by atoms with Crippen LogP contribution in [-0.2, 0) is 11.0 Å². The largest absolute Gasteiger partial charge is 0.481 e. The lowest BCUT2D eigenvalue weighted by atomic mass is 9.61. The summed E-state index contributed by atoms with van der Waals surface area (Å²) in [6.07, 6.45) is -1.54. The highest BCUT2D eigenvalue weighted by Gasteiger charge is 2.55. The van der Waals surface area contributed by atoms with E-state index in [0.717, 1.165) is 31.4 Å². The van der Waals surface area contributed by atoms with Gasteiger partial charge in [0.2, 0.25) is 0 Å². The second kappa shape index (κ2) is 7.36. The number of nitriles is 1. The summed E-state index contributed by atoms with van der Waals surface area (Å²) in [5.41, 5.74) is -3.07. The van der Waals surface area contributed by atoms with Crippen molar-refractivity contribution in [2.24, 2.45) is 11.3 Å². The van der Waals surface area contributed by atoms with E-state index in [1.165, 1.54) is 6.92 Å². The minimum atomic E-state index is -4.89. The van der Waals surface area contributed by atoms with E-state index < -0.39 is 46.5 Å². The van der Waals surface area contributed by atoms with Crippen LogP contribution in [0.5, 0.6) is 0 Å². The van der Waals surface area contributed by atoms with Crippen molar-refractivity contribution in [2.75, 3.05) is 0 Å². The maximum atomic E-state index is 13.7. The first kappa shape index (κ1) is 21.2. The Bertz CT molecular complexity index is 899. The van der Waals surface area contributed by atoms with Crippen molar-refractivity contribution >= 4 is 5.97 Å². The van der Waals surface area contributed by atoms with Crippen molar-refractivity contribution in [3.8, 4) is 6.07 Å². The summed E-state index contributed by atoms with van der Waals surface area (Å²) in [7, 11) is 0. The van der Waals surface area contributed by atoms with Crippen LogP contribution < -0.4 is 5.32 Å². The molecule has 3 atom stereocenters. The van der Waals surface area contributed by atoms with Gasteiger partial charge < -0.3 is 10.4 Å². The van der Waals surface area contributed by atoms with Crippen molar-refractivity contribution in [2.45, 2.75) is 57.7 Å². The Morgan fingerprint density at radius 2 is 2.00 bits per heavy atom. The zero-order chi connectivity index (χ0) is 21.6. The molecule has 0 bridgehead atoms. The Kier molecular flexibility index (Phi) is 5.37. The monoisotopic (exact) mass is 410 g/mol. The molecule has 2 N–H and O–H groups in total. The number of allylic oxidation sites excluding steroid dienone is 2. The number of carbonyl (C=O) groups is 1. The molecule has 0 aromatic heterocycles. The van der Waals surface area contributed by atoms with Crippen molar-refractivity contribution < 1.29 is 27.5 Å². The summed E-state index contributed by atoms with van der Waals surface area (Å²) in [5.74, 6) is -3.22. The smallest absolute Gasteiger partial charge is 0.416 e. The van der Waals surface area contributed by atoms with E-state index in [-0.39, 0.29) is 5.57 Å². The number of carboxylic acid groups (broad SMARTS) is 1. The summed E-state index contributed by atoms with van der Waals surface area (Å²) in [5, 5.41) is 22.8. The van der Waals surface area contributed by atoms with Gasteiger partial charge in [-0.15, -0.1) is 0 Å². The molecule has 3 unspecified atom stereocenters. The second-order valence-corrected chi connectivity index (χ2v) is 8.12. The Balaban J connectivity index is 2.21. The van der Waals surface area contributed by atoms with Crippen molar-refractivity contribution in [3.05, 3.63) is 46.4 Å². The number of aliphatic carboxylic acids is 1. The van der Waals surface area contributed by atoms with Crippen LogP contribution in [0.25, 0.3) is 0 Å². The Morgan fingerprint density at radius 3 is 2.52 bits per heavy atom. The van der Waals surface area contributed by atoms with Crippen LogP contribution in [0.1, 0.15) is 56.6 Å². The highest BCUT2D eigenvalue weighted by molar-refractivity contribution is 5.79. The van der Waals surface area contributed by atoms with Crippen LogP contribution >= 0.6 is 0 Å². The van der Waals surface area contributed by atoms with Gasteiger partial charge in [-0.25, -0.2) is 4.39 Å². The van der Waals surface area contributed by atoms with E-state index in [1.807, 2.05) is 6.07 Å². The normalized spacial score (nSPS) is 27.3. The molecule has 0 spiro atoms. The van der Waals surface area contributed by atoms with Gasteiger partial charge in [-0.1, -0.05) is 18.9 Å². The minimum Gasteiger partial charge on any atom is -0.481 e. The highest BCUT2D eigenvalue weighted by atomic mass is 19.4. The minimum absolute atomic E-state index is 0.0744. The van der Waals surface area contributed by atoms with Gasteiger partial charge in [0.05, 0.1) is 22.6 Å². The van der Waals surface area contributed by atoms with Crippen LogP contribution in [0.4, 0.5) is 17.6 Å². The van der Waals surface area contributed by atoms with E-state index in [4.69, 9.17) is 0 Å². The zero-order valence-corrected chi connectivity index (χ0v) is 16.1. The average molecular weight is 410 g/mol. The van der Waals surface area contributed by atoms with Gasteiger partial charge in [-0.2, -0.15) is 18.4 Å². The topological polar surface area (TPSA) is 73.1 Å². The Hall–Kier alpha value is -2.56. The maximum Gasteiger partial charge on any atom is 0.416 e. The number of halogens is 4. The molecule has 1 heterocycles. The molecule has 0 amide bonds. The molecule has 1 aliphatic heterocycles. The van der Waals surface area contributed by atoms with Gasteiger partial charge in [0.25, 0.3) is 0 Å². The van der Waals surface area contributed by atoms with Gasteiger partial charge in [0.15, 0.2) is 0 Å². The van der Waals surface area contributed by atoms with Gasteiger partial charge in [-0.05, 0) is 50.3 Å². The molecule has 0 radical (unpaired) electrons. The lowest BCUT2D eigenvalue weighted by molar-refractivity contribution is -0.152. The molecule has 29 heavy (non-hydrogen) atoms. The van der Waals surface area contributed by atoms with Crippen LogP contribution in [0, 0.1) is 28.5 Å². The molecular weight excluding hydrogens is 388 g/mol. The number of nitrogens with zero attached hydrogens (tertiary/aromatic N) is 1. The van der Waals surface area contributed by atoms with E-state index >= 15 is 0 Å². The standard InChI is InChI=1S/C21H22F4N2O2/c1-11-15(10-26)18(14-7-6-13(22)9-16(14)21(23,24)25)20(2,19(28)29)17(27-11)8-5-12-3-4-12/h6-7,9,12,17-18,27H,3-5,8H2,1-2H3,(H,28,29). The third-order valence-electron chi connectivity index (χ3n) is 6.18. The molecule has 1 aromatic rings. The van der Waals surface area contributed by atoms with Crippen LogP contribution in [-0.4, -0.2) is 17.1 Å². The fourth-order valence-electron chi connectivity index (χ4n) is 4.31. The fourth-order valence-corrected chi connectivity index (χ4v) is 4.31. The molecule has 4 nitrogen and oxygen atoms in total. The highest BCUT2D eigenvalue weighted by Crippen LogP contribution is 2.52. The molecule has 156 valence electrons. The number of benzene rings is 1. The van der Waals surface area contributed by atoms with Crippen molar-refractivity contribution in [1.82, 2.24) is 5.32 Å². The molecule has 2 aliphatic rings. The number of rotatable bonds is 5. The fraction of sp³-hybridized carbons (Fsp3) is 0.524. The number of nitrogens with one attached hydrogen (secondary N) is 1. The predicted octanol–water partition coefficient (Wildman–Crippen LogP) is 4.98. The molecule has 3 rings (SSSR count). The molecule has 0 saturated heterocycles. The summed E-state index contributed by atoms with van der Waals surface area (Å²) < 4.78 is 54.7. The number of alkyl halides is 3. The quantitative estimate of drug-likeness (QED) is 0.672. The Labute approximate surface area is 166 Å². The number of hydrogen-bond acceptors (Lipinski definition) is 3. The summed E-state index contributed by atoms with van der Waals surface area (Å²) in [6, 6.07) is 3.43. The van der Waals surface area contributed by atoms with E-state index in [1.54, 1.807) is 6.92 Å². The van der Waals surface area contributed by atoms with Crippen molar-refractivity contribution in [3.63, 3.8) is 0 Å². The first-order chi connectivity index (χ1) is 13.5.